The Hall–Kier alpha value is -3.87. The molecule has 0 saturated heterocycles. The molecule has 7 heteroatoms. The summed E-state index contributed by atoms with van der Waals surface area (Å²) in [5, 5.41) is 12.2. The lowest BCUT2D eigenvalue weighted by Gasteiger charge is -2.23. The molecular formula is C25H21NO6. The van der Waals surface area contributed by atoms with E-state index < -0.39 is 17.5 Å². The van der Waals surface area contributed by atoms with Crippen molar-refractivity contribution in [1.82, 2.24) is 4.57 Å². The third-order valence-corrected chi connectivity index (χ3v) is 6.19. The number of hydrogen-bond acceptors (Lipinski definition) is 6. The molecule has 162 valence electrons. The summed E-state index contributed by atoms with van der Waals surface area (Å²) in [6.45, 7) is 0.545. The van der Waals surface area contributed by atoms with Crippen molar-refractivity contribution in [2.24, 2.45) is 0 Å². The minimum absolute atomic E-state index is 0.120. The molecule has 1 atom stereocenters. The number of hydrogen-bond donors (Lipinski definition) is 1. The Kier molecular flexibility index (Phi) is 4.81. The first-order chi connectivity index (χ1) is 15.5. The van der Waals surface area contributed by atoms with Gasteiger partial charge in [-0.25, -0.2) is 4.79 Å². The van der Waals surface area contributed by atoms with Crippen LogP contribution < -0.4 is 11.2 Å². The molecule has 0 fully saturated rings. The van der Waals surface area contributed by atoms with Gasteiger partial charge in [-0.2, -0.15) is 0 Å². The summed E-state index contributed by atoms with van der Waals surface area (Å²) in [5.41, 5.74) is 1.25. The summed E-state index contributed by atoms with van der Waals surface area (Å²) in [6, 6.07) is 14.1. The smallest absolute Gasteiger partial charge is 0.343 e. The van der Waals surface area contributed by atoms with Crippen molar-refractivity contribution >= 4 is 27.8 Å². The van der Waals surface area contributed by atoms with Gasteiger partial charge in [0.2, 0.25) is 0 Å². The van der Waals surface area contributed by atoms with Crippen molar-refractivity contribution in [2.45, 2.75) is 31.7 Å². The third-order valence-electron chi connectivity index (χ3n) is 6.19. The lowest BCUT2D eigenvalue weighted by atomic mass is 9.87. The van der Waals surface area contributed by atoms with E-state index in [0.29, 0.717) is 11.9 Å². The molecule has 3 heterocycles. The van der Waals surface area contributed by atoms with Crippen molar-refractivity contribution in [3.05, 3.63) is 86.0 Å². The van der Waals surface area contributed by atoms with Gasteiger partial charge in [0.05, 0.1) is 30.0 Å². The molecule has 0 spiro atoms. The van der Waals surface area contributed by atoms with E-state index in [0.717, 1.165) is 29.3 Å². The number of aryl methyl sites for hydroxylation is 2. The van der Waals surface area contributed by atoms with Crippen LogP contribution in [0.4, 0.5) is 0 Å². The predicted octanol–water partition coefficient (Wildman–Crippen LogP) is 3.45. The van der Waals surface area contributed by atoms with E-state index in [9.17, 15) is 19.5 Å². The number of methoxy groups -OCH3 is 1. The Bertz CT molecular complexity index is 1500. The second-order valence-corrected chi connectivity index (χ2v) is 8.00. The average molecular weight is 431 g/mol. The predicted molar refractivity (Wildman–Crippen MR) is 119 cm³/mol. The summed E-state index contributed by atoms with van der Waals surface area (Å²) < 4.78 is 12.0. The number of pyridine rings is 1. The first kappa shape index (κ1) is 20.1. The fraction of sp³-hybridized carbons (Fsp3) is 0.240. The highest BCUT2D eigenvalue weighted by Gasteiger charge is 2.31. The molecule has 5 rings (SSSR count). The van der Waals surface area contributed by atoms with Crippen LogP contribution in [0.5, 0.6) is 5.75 Å². The quantitative estimate of drug-likeness (QED) is 0.393. The molecule has 0 amide bonds. The van der Waals surface area contributed by atoms with E-state index >= 15 is 0 Å². The van der Waals surface area contributed by atoms with Gasteiger partial charge in [-0.1, -0.05) is 30.3 Å². The minimum Gasteiger partial charge on any atom is -0.507 e. The molecular weight excluding hydrogens is 410 g/mol. The van der Waals surface area contributed by atoms with Gasteiger partial charge in [0.25, 0.3) is 5.56 Å². The van der Waals surface area contributed by atoms with Crippen molar-refractivity contribution in [1.29, 1.82) is 0 Å². The molecule has 7 nitrogen and oxygen atoms in total. The Morgan fingerprint density at radius 3 is 2.81 bits per heavy atom. The molecule has 2 aromatic carbocycles. The van der Waals surface area contributed by atoms with E-state index in [-0.39, 0.29) is 34.4 Å². The molecule has 0 aliphatic carbocycles. The number of ether oxygens (including phenoxy) is 1. The Balaban J connectivity index is 1.82. The number of carbonyl (C=O) groups is 1. The molecule has 1 N–H and O–H groups in total. The zero-order valence-electron chi connectivity index (χ0n) is 17.5. The normalized spacial score (nSPS) is 13.9. The van der Waals surface area contributed by atoms with Gasteiger partial charge in [0.1, 0.15) is 11.3 Å². The number of para-hydroxylation sites is 2. The lowest BCUT2D eigenvalue weighted by molar-refractivity contribution is -0.140. The van der Waals surface area contributed by atoms with Crippen molar-refractivity contribution in [3.63, 3.8) is 0 Å². The van der Waals surface area contributed by atoms with Gasteiger partial charge in [0.15, 0.2) is 0 Å². The first-order valence-electron chi connectivity index (χ1n) is 10.5. The number of carbonyl (C=O) groups excluding carboxylic acids is 1. The van der Waals surface area contributed by atoms with Gasteiger partial charge in [-0.15, -0.1) is 0 Å². The molecule has 2 aromatic heterocycles. The average Bonchev–Trinajstić information content (AvgIpc) is 2.80. The van der Waals surface area contributed by atoms with Gasteiger partial charge >= 0.3 is 11.6 Å². The largest absolute Gasteiger partial charge is 0.507 e. The number of benzene rings is 2. The number of aromatic nitrogens is 1. The number of rotatable bonds is 4. The summed E-state index contributed by atoms with van der Waals surface area (Å²) in [6.07, 6.45) is 1.42. The molecule has 0 bridgehead atoms. The molecule has 32 heavy (non-hydrogen) atoms. The second-order valence-electron chi connectivity index (χ2n) is 8.00. The fourth-order valence-corrected chi connectivity index (χ4v) is 4.71. The van der Waals surface area contributed by atoms with E-state index in [4.69, 9.17) is 9.15 Å². The van der Waals surface area contributed by atoms with Gasteiger partial charge < -0.3 is 18.8 Å². The summed E-state index contributed by atoms with van der Waals surface area (Å²) in [5.74, 6) is -1.92. The zero-order valence-corrected chi connectivity index (χ0v) is 17.5. The maximum Gasteiger partial charge on any atom is 0.343 e. The highest BCUT2D eigenvalue weighted by atomic mass is 16.5. The molecule has 0 saturated carbocycles. The van der Waals surface area contributed by atoms with E-state index in [1.165, 1.54) is 7.11 Å². The molecule has 1 aliphatic rings. The SMILES string of the molecule is COC(=O)C[C@H](c1c(O)c2ccccc2oc1=O)c1cc2cccc3c2n(c1=O)CCC3. The molecule has 0 radical (unpaired) electrons. The number of fused-ring (bicyclic) bond motifs is 1. The van der Waals surface area contributed by atoms with Crippen LogP contribution in [0.3, 0.4) is 0 Å². The summed E-state index contributed by atoms with van der Waals surface area (Å²) >= 11 is 0. The van der Waals surface area contributed by atoms with Crippen LogP contribution in [0, 0.1) is 0 Å². The number of esters is 1. The fourth-order valence-electron chi connectivity index (χ4n) is 4.71. The van der Waals surface area contributed by atoms with Crippen molar-refractivity contribution < 1.29 is 19.1 Å². The molecule has 4 aromatic rings. The van der Waals surface area contributed by atoms with Gasteiger partial charge in [-0.05, 0) is 42.0 Å². The minimum atomic E-state index is -1.02. The second kappa shape index (κ2) is 7.67. The Morgan fingerprint density at radius 2 is 2.00 bits per heavy atom. The summed E-state index contributed by atoms with van der Waals surface area (Å²) in [4.78, 5) is 38.8. The Labute approximate surface area is 182 Å². The zero-order chi connectivity index (χ0) is 22.4. The van der Waals surface area contributed by atoms with Crippen molar-refractivity contribution in [2.75, 3.05) is 7.11 Å². The Morgan fingerprint density at radius 1 is 1.19 bits per heavy atom. The van der Waals surface area contributed by atoms with E-state index in [1.807, 2.05) is 18.2 Å². The molecule has 1 aliphatic heterocycles. The topological polar surface area (TPSA) is 98.7 Å². The van der Waals surface area contributed by atoms with Crippen molar-refractivity contribution in [3.8, 4) is 5.75 Å². The van der Waals surface area contributed by atoms with Crippen LogP contribution >= 0.6 is 0 Å². The highest BCUT2D eigenvalue weighted by Crippen LogP contribution is 2.36. The summed E-state index contributed by atoms with van der Waals surface area (Å²) in [7, 11) is 1.24. The lowest BCUT2D eigenvalue weighted by Crippen LogP contribution is -2.31. The van der Waals surface area contributed by atoms with Crippen LogP contribution in [0.15, 0.2) is 62.5 Å². The van der Waals surface area contributed by atoms with Crippen LogP contribution in [0.25, 0.3) is 21.9 Å². The van der Waals surface area contributed by atoms with E-state index in [2.05, 4.69) is 0 Å². The van der Waals surface area contributed by atoms with Gasteiger partial charge in [-0.3, -0.25) is 9.59 Å². The van der Waals surface area contributed by atoms with Gasteiger partial charge in [0, 0.05) is 18.0 Å². The van der Waals surface area contributed by atoms with E-state index in [1.54, 1.807) is 34.9 Å². The maximum atomic E-state index is 13.6. The third kappa shape index (κ3) is 3.09. The van der Waals surface area contributed by atoms with Crippen LogP contribution in [0.1, 0.15) is 35.4 Å². The maximum absolute atomic E-state index is 13.6. The number of aromatic hydroxyl groups is 1. The molecule has 0 unspecified atom stereocenters. The van der Waals surface area contributed by atoms with Crippen LogP contribution in [-0.4, -0.2) is 22.8 Å². The monoisotopic (exact) mass is 431 g/mol. The highest BCUT2D eigenvalue weighted by molar-refractivity contribution is 5.86. The standard InChI is InChI=1S/C25H21NO6/c1-31-20(27)13-17(21-23(28)16-9-2-3-10-19(16)32-25(21)30)18-12-15-7-4-6-14-8-5-11-26(22(14)15)24(18)29/h2-4,6-7,9-10,12,17,28H,5,8,11,13H2,1H3/t17-/m0/s1. The first-order valence-corrected chi connectivity index (χ1v) is 10.5. The number of nitrogens with zero attached hydrogens (tertiary/aromatic N) is 1. The van der Waals surface area contributed by atoms with Crippen LogP contribution in [0.2, 0.25) is 0 Å². The van der Waals surface area contributed by atoms with Crippen LogP contribution in [-0.2, 0) is 22.5 Å².